The van der Waals surface area contributed by atoms with Crippen LogP contribution < -0.4 is 4.74 Å². The van der Waals surface area contributed by atoms with Crippen LogP contribution in [0.5, 0.6) is 5.75 Å². The van der Waals surface area contributed by atoms with Crippen LogP contribution in [0.3, 0.4) is 0 Å². The molecule has 0 aliphatic rings. The van der Waals surface area contributed by atoms with Crippen LogP contribution in [0.15, 0.2) is 29.4 Å². The smallest absolute Gasteiger partial charge is 0.204 e. The molecule has 0 bridgehead atoms. The lowest BCUT2D eigenvalue weighted by atomic mass is 10.2. The molecule has 1 heterocycles. The summed E-state index contributed by atoms with van der Waals surface area (Å²) in [7, 11) is 1.66. The fraction of sp³-hybridized carbons (Fsp3) is 0.200. The second-order valence-corrected chi connectivity index (χ2v) is 5.24. The minimum Gasteiger partial charge on any atom is -0.497 e. The molecule has 84 valence electrons. The fourth-order valence-corrected chi connectivity index (χ4v) is 2.70. The molecule has 0 aliphatic carbocycles. The van der Waals surface area contributed by atoms with Crippen molar-refractivity contribution >= 4 is 34.9 Å². The zero-order valence-corrected chi connectivity index (χ0v) is 10.9. The minimum absolute atomic E-state index is 0.484. The Labute approximate surface area is 107 Å². The average molecular weight is 273 g/mol. The average Bonchev–Trinajstić information content (AvgIpc) is 2.73. The molecule has 0 aliphatic heterocycles. The van der Waals surface area contributed by atoms with Gasteiger partial charge in [0.2, 0.25) is 9.62 Å². The van der Waals surface area contributed by atoms with Crippen LogP contribution in [0.2, 0.25) is 4.47 Å². The van der Waals surface area contributed by atoms with Crippen LogP contribution in [-0.4, -0.2) is 16.5 Å². The van der Waals surface area contributed by atoms with Crippen molar-refractivity contribution in [2.45, 2.75) is 10.9 Å². The number of hydrogen-bond acceptors (Lipinski definition) is 5. The quantitative estimate of drug-likeness (QED) is 0.798. The van der Waals surface area contributed by atoms with E-state index in [-0.39, 0.29) is 0 Å². The predicted molar refractivity (Wildman–Crippen MR) is 67.5 cm³/mol. The zero-order valence-electron chi connectivity index (χ0n) is 8.51. The molecule has 0 unspecified atom stereocenters. The third-order valence-corrected chi connectivity index (χ3v) is 3.74. The molecule has 0 N–H and O–H groups in total. The van der Waals surface area contributed by atoms with Gasteiger partial charge in [0.05, 0.1) is 7.11 Å². The Morgan fingerprint density at radius 3 is 2.69 bits per heavy atom. The van der Waals surface area contributed by atoms with Crippen molar-refractivity contribution in [1.82, 2.24) is 9.36 Å². The van der Waals surface area contributed by atoms with E-state index in [1.807, 2.05) is 24.3 Å². The van der Waals surface area contributed by atoms with Gasteiger partial charge in [-0.15, -0.1) is 0 Å². The maximum Gasteiger partial charge on any atom is 0.204 e. The SMILES string of the molecule is COc1ccc(CSc2nsc(Cl)n2)cc1. The molecule has 0 atom stereocenters. The molecular formula is C10H9ClN2OS2. The van der Waals surface area contributed by atoms with Crippen LogP contribution in [-0.2, 0) is 5.75 Å². The normalized spacial score (nSPS) is 10.4. The van der Waals surface area contributed by atoms with Crippen LogP contribution in [0.1, 0.15) is 5.56 Å². The molecule has 0 saturated heterocycles. The monoisotopic (exact) mass is 272 g/mol. The number of thioether (sulfide) groups is 1. The summed E-state index contributed by atoms with van der Waals surface area (Å²) in [5.41, 5.74) is 1.21. The Kier molecular flexibility index (Phi) is 4.04. The molecule has 0 fully saturated rings. The highest BCUT2D eigenvalue weighted by Gasteiger charge is 2.03. The van der Waals surface area contributed by atoms with E-state index < -0.39 is 0 Å². The number of rotatable bonds is 4. The lowest BCUT2D eigenvalue weighted by Crippen LogP contribution is -1.84. The van der Waals surface area contributed by atoms with Gasteiger partial charge in [0.15, 0.2) is 0 Å². The lowest BCUT2D eigenvalue weighted by molar-refractivity contribution is 0.414. The van der Waals surface area contributed by atoms with Crippen LogP contribution in [0.4, 0.5) is 0 Å². The highest BCUT2D eigenvalue weighted by Crippen LogP contribution is 2.24. The molecule has 1 aromatic heterocycles. The van der Waals surface area contributed by atoms with Gasteiger partial charge in [0.25, 0.3) is 0 Å². The fourth-order valence-electron chi connectivity index (χ4n) is 1.12. The highest BCUT2D eigenvalue weighted by molar-refractivity contribution is 7.98. The first-order valence-corrected chi connectivity index (χ1v) is 6.66. The van der Waals surface area contributed by atoms with Crippen molar-refractivity contribution in [2.75, 3.05) is 7.11 Å². The van der Waals surface area contributed by atoms with Gasteiger partial charge in [-0.25, -0.2) is 0 Å². The van der Waals surface area contributed by atoms with Crippen molar-refractivity contribution in [3.05, 3.63) is 34.3 Å². The predicted octanol–water partition coefficient (Wildman–Crippen LogP) is 3.49. The number of nitrogens with zero attached hydrogens (tertiary/aromatic N) is 2. The summed E-state index contributed by atoms with van der Waals surface area (Å²) in [6, 6.07) is 7.94. The van der Waals surface area contributed by atoms with E-state index in [2.05, 4.69) is 9.36 Å². The van der Waals surface area contributed by atoms with Gasteiger partial charge in [-0.05, 0) is 40.8 Å². The first-order valence-electron chi connectivity index (χ1n) is 4.53. The second kappa shape index (κ2) is 5.52. The summed E-state index contributed by atoms with van der Waals surface area (Å²) in [5.74, 6) is 1.69. The van der Waals surface area contributed by atoms with E-state index in [9.17, 15) is 0 Å². The van der Waals surface area contributed by atoms with Gasteiger partial charge in [0.1, 0.15) is 5.75 Å². The Morgan fingerprint density at radius 2 is 2.12 bits per heavy atom. The largest absolute Gasteiger partial charge is 0.497 e. The standard InChI is InChI=1S/C10H9ClN2OS2/c1-14-8-4-2-7(3-5-8)6-15-10-12-9(11)16-13-10/h2-5H,6H2,1H3. The van der Waals surface area contributed by atoms with Crippen LogP contribution >= 0.6 is 34.9 Å². The van der Waals surface area contributed by atoms with Gasteiger partial charge in [0, 0.05) is 5.75 Å². The number of benzene rings is 1. The van der Waals surface area contributed by atoms with E-state index in [1.165, 1.54) is 17.1 Å². The number of ether oxygens (including phenoxy) is 1. The Balaban J connectivity index is 1.94. The number of halogens is 1. The molecule has 1 aromatic carbocycles. The summed E-state index contributed by atoms with van der Waals surface area (Å²) in [4.78, 5) is 4.07. The first-order chi connectivity index (χ1) is 7.78. The number of aromatic nitrogens is 2. The first kappa shape index (κ1) is 11.7. The zero-order chi connectivity index (χ0) is 11.4. The third kappa shape index (κ3) is 3.10. The van der Waals surface area contributed by atoms with Crippen molar-refractivity contribution in [2.24, 2.45) is 0 Å². The van der Waals surface area contributed by atoms with Crippen molar-refractivity contribution in [1.29, 1.82) is 0 Å². The van der Waals surface area contributed by atoms with E-state index in [4.69, 9.17) is 16.3 Å². The maximum atomic E-state index is 5.70. The Hall–Kier alpha value is -0.780. The van der Waals surface area contributed by atoms with Crippen molar-refractivity contribution < 1.29 is 4.74 Å². The number of hydrogen-bond donors (Lipinski definition) is 0. The van der Waals surface area contributed by atoms with Crippen molar-refractivity contribution in [3.8, 4) is 5.75 Å². The Bertz CT molecular complexity index is 458. The minimum atomic E-state index is 0.484. The molecular weight excluding hydrogens is 264 g/mol. The molecule has 0 radical (unpaired) electrons. The van der Waals surface area contributed by atoms with Crippen molar-refractivity contribution in [3.63, 3.8) is 0 Å². The lowest BCUT2D eigenvalue weighted by Gasteiger charge is -2.01. The number of methoxy groups -OCH3 is 1. The molecule has 0 amide bonds. The van der Waals surface area contributed by atoms with E-state index in [1.54, 1.807) is 18.9 Å². The molecule has 2 rings (SSSR count). The second-order valence-electron chi connectivity index (χ2n) is 2.97. The van der Waals surface area contributed by atoms with Gasteiger partial charge < -0.3 is 4.74 Å². The van der Waals surface area contributed by atoms with Gasteiger partial charge in [-0.1, -0.05) is 23.9 Å². The van der Waals surface area contributed by atoms with E-state index >= 15 is 0 Å². The van der Waals surface area contributed by atoms with Gasteiger partial charge >= 0.3 is 0 Å². The maximum absolute atomic E-state index is 5.70. The molecule has 16 heavy (non-hydrogen) atoms. The molecule has 0 spiro atoms. The van der Waals surface area contributed by atoms with Crippen LogP contribution in [0, 0.1) is 0 Å². The molecule has 2 aromatic rings. The molecule has 3 nitrogen and oxygen atoms in total. The summed E-state index contributed by atoms with van der Waals surface area (Å²) in [6.07, 6.45) is 0. The summed E-state index contributed by atoms with van der Waals surface area (Å²) < 4.78 is 9.67. The third-order valence-electron chi connectivity index (χ3n) is 1.91. The topological polar surface area (TPSA) is 35.0 Å². The molecule has 6 heteroatoms. The van der Waals surface area contributed by atoms with E-state index in [0.717, 1.165) is 16.7 Å². The molecule has 0 saturated carbocycles. The van der Waals surface area contributed by atoms with Crippen LogP contribution in [0.25, 0.3) is 0 Å². The Morgan fingerprint density at radius 1 is 1.38 bits per heavy atom. The summed E-state index contributed by atoms with van der Waals surface area (Å²) in [6.45, 7) is 0. The van der Waals surface area contributed by atoms with Gasteiger partial charge in [-0.2, -0.15) is 9.36 Å². The van der Waals surface area contributed by atoms with Gasteiger partial charge in [-0.3, -0.25) is 0 Å². The summed E-state index contributed by atoms with van der Waals surface area (Å²) >= 11 is 8.48. The highest BCUT2D eigenvalue weighted by atomic mass is 35.5. The van der Waals surface area contributed by atoms with E-state index in [0.29, 0.717) is 4.47 Å². The summed E-state index contributed by atoms with van der Waals surface area (Å²) in [5, 5.41) is 0.728.